The molecule has 0 bridgehead atoms. The zero-order valence-electron chi connectivity index (χ0n) is 16.6. The summed E-state index contributed by atoms with van der Waals surface area (Å²) in [5, 5.41) is 4.29. The number of rotatable bonds is 3. The Morgan fingerprint density at radius 2 is 2.00 bits per heavy atom. The van der Waals surface area contributed by atoms with Crippen molar-refractivity contribution in [3.63, 3.8) is 0 Å². The summed E-state index contributed by atoms with van der Waals surface area (Å²) in [6, 6.07) is 5.81. The minimum Gasteiger partial charge on any atom is -0.338 e. The summed E-state index contributed by atoms with van der Waals surface area (Å²) in [6.45, 7) is 4.67. The van der Waals surface area contributed by atoms with Crippen LogP contribution in [0.15, 0.2) is 30.6 Å². The van der Waals surface area contributed by atoms with Gasteiger partial charge in [-0.1, -0.05) is 6.07 Å². The van der Waals surface area contributed by atoms with Gasteiger partial charge >= 0.3 is 0 Å². The van der Waals surface area contributed by atoms with E-state index in [2.05, 4.69) is 10.1 Å². The van der Waals surface area contributed by atoms with E-state index in [4.69, 9.17) is 0 Å². The van der Waals surface area contributed by atoms with E-state index in [9.17, 15) is 9.59 Å². The topological polar surface area (TPSA) is 71.3 Å². The van der Waals surface area contributed by atoms with Crippen LogP contribution in [-0.2, 0) is 18.4 Å². The lowest BCUT2D eigenvalue weighted by atomic mass is 9.72. The highest BCUT2D eigenvalue weighted by atomic mass is 16.2. The average molecular weight is 381 g/mol. The number of hydrogen-bond acceptors (Lipinski definition) is 4. The molecule has 2 fully saturated rings. The number of likely N-dealkylation sites (tertiary alicyclic amines) is 2. The smallest absolute Gasteiger partial charge is 0.257 e. The predicted molar refractivity (Wildman–Crippen MR) is 104 cm³/mol. The first-order valence-corrected chi connectivity index (χ1v) is 9.93. The molecule has 4 rings (SSSR count). The molecule has 28 heavy (non-hydrogen) atoms. The third-order valence-corrected chi connectivity index (χ3v) is 6.18. The Morgan fingerprint density at radius 1 is 1.21 bits per heavy atom. The first-order chi connectivity index (χ1) is 13.5. The van der Waals surface area contributed by atoms with Gasteiger partial charge in [0, 0.05) is 45.5 Å². The van der Waals surface area contributed by atoms with Crippen LogP contribution in [0.2, 0.25) is 0 Å². The lowest BCUT2D eigenvalue weighted by Gasteiger charge is -2.47. The van der Waals surface area contributed by atoms with Crippen LogP contribution in [0, 0.1) is 12.3 Å². The van der Waals surface area contributed by atoms with E-state index >= 15 is 0 Å². The minimum atomic E-state index is 0.0673. The van der Waals surface area contributed by atoms with Crippen molar-refractivity contribution in [3.8, 4) is 0 Å². The van der Waals surface area contributed by atoms with E-state index in [0.717, 1.165) is 50.3 Å². The SMILES string of the molecule is Cc1nn(C)cc1C(=O)N1CCC2(CCC(=O)N(Cc3ccccn3)C2)CC1. The van der Waals surface area contributed by atoms with Crippen LogP contribution in [-0.4, -0.2) is 56.0 Å². The lowest BCUT2D eigenvalue weighted by molar-refractivity contribution is -0.139. The molecule has 0 unspecified atom stereocenters. The normalized spacial score (nSPS) is 19.3. The van der Waals surface area contributed by atoms with Crippen LogP contribution in [0.4, 0.5) is 0 Å². The standard InChI is InChI=1S/C21H27N5O2/c1-16-18(14-24(2)23-16)20(28)25-11-8-21(9-12-25)7-6-19(27)26(15-21)13-17-5-3-4-10-22-17/h3-5,10,14H,6-9,11-13,15H2,1-2H3. The highest BCUT2D eigenvalue weighted by molar-refractivity contribution is 5.95. The van der Waals surface area contributed by atoms with Gasteiger partial charge in [0.15, 0.2) is 0 Å². The molecule has 2 aromatic heterocycles. The molecule has 0 saturated carbocycles. The summed E-state index contributed by atoms with van der Waals surface area (Å²) in [5.41, 5.74) is 2.50. The van der Waals surface area contributed by atoms with Gasteiger partial charge in [0.1, 0.15) is 0 Å². The van der Waals surface area contributed by atoms with Crippen molar-refractivity contribution < 1.29 is 9.59 Å². The van der Waals surface area contributed by atoms with Crippen LogP contribution in [0.1, 0.15) is 47.4 Å². The number of amides is 2. The fourth-order valence-corrected chi connectivity index (χ4v) is 4.51. The molecule has 7 heteroatoms. The maximum atomic E-state index is 12.9. The van der Waals surface area contributed by atoms with E-state index < -0.39 is 0 Å². The Hall–Kier alpha value is -2.70. The first kappa shape index (κ1) is 18.7. The van der Waals surface area contributed by atoms with E-state index in [1.165, 1.54) is 0 Å². The molecule has 0 aromatic carbocycles. The van der Waals surface area contributed by atoms with Crippen molar-refractivity contribution in [1.82, 2.24) is 24.6 Å². The van der Waals surface area contributed by atoms with Crippen LogP contribution in [0.3, 0.4) is 0 Å². The molecular formula is C21H27N5O2. The summed E-state index contributed by atoms with van der Waals surface area (Å²) >= 11 is 0. The second kappa shape index (κ2) is 7.37. The Labute approximate surface area is 165 Å². The summed E-state index contributed by atoms with van der Waals surface area (Å²) < 4.78 is 1.69. The van der Waals surface area contributed by atoms with Crippen molar-refractivity contribution in [2.24, 2.45) is 12.5 Å². The van der Waals surface area contributed by atoms with Crippen molar-refractivity contribution in [2.75, 3.05) is 19.6 Å². The molecule has 0 atom stereocenters. The molecule has 7 nitrogen and oxygen atoms in total. The molecule has 2 aliphatic heterocycles. The third-order valence-electron chi connectivity index (χ3n) is 6.18. The number of aromatic nitrogens is 3. The van der Waals surface area contributed by atoms with Gasteiger partial charge in [-0.05, 0) is 43.7 Å². The molecule has 0 radical (unpaired) electrons. The molecule has 1 spiro atoms. The summed E-state index contributed by atoms with van der Waals surface area (Å²) in [5.74, 6) is 0.276. The number of nitrogens with zero attached hydrogens (tertiary/aromatic N) is 5. The lowest BCUT2D eigenvalue weighted by Crippen LogP contribution is -2.52. The van der Waals surface area contributed by atoms with E-state index in [-0.39, 0.29) is 17.2 Å². The van der Waals surface area contributed by atoms with Crippen LogP contribution < -0.4 is 0 Å². The quantitative estimate of drug-likeness (QED) is 0.817. The van der Waals surface area contributed by atoms with E-state index in [0.29, 0.717) is 18.5 Å². The molecule has 2 aliphatic rings. The van der Waals surface area contributed by atoms with Gasteiger partial charge in [0.05, 0.1) is 23.5 Å². The maximum absolute atomic E-state index is 12.9. The molecule has 148 valence electrons. The Bertz CT molecular complexity index is 868. The van der Waals surface area contributed by atoms with Gasteiger partial charge in [0.2, 0.25) is 5.91 Å². The van der Waals surface area contributed by atoms with Gasteiger partial charge < -0.3 is 9.80 Å². The van der Waals surface area contributed by atoms with Crippen molar-refractivity contribution in [3.05, 3.63) is 47.5 Å². The molecule has 4 heterocycles. The van der Waals surface area contributed by atoms with Gasteiger partial charge in [-0.15, -0.1) is 0 Å². The Balaban J connectivity index is 1.41. The molecule has 2 amide bonds. The fourth-order valence-electron chi connectivity index (χ4n) is 4.51. The highest BCUT2D eigenvalue weighted by Gasteiger charge is 2.42. The van der Waals surface area contributed by atoms with Crippen LogP contribution in [0.5, 0.6) is 0 Å². The zero-order chi connectivity index (χ0) is 19.7. The number of carbonyl (C=O) groups is 2. The largest absolute Gasteiger partial charge is 0.338 e. The number of aryl methyl sites for hydroxylation is 2. The van der Waals surface area contributed by atoms with Gasteiger partial charge in [-0.3, -0.25) is 19.3 Å². The zero-order valence-corrected chi connectivity index (χ0v) is 16.6. The molecule has 0 aliphatic carbocycles. The number of piperidine rings is 2. The van der Waals surface area contributed by atoms with E-state index in [1.54, 1.807) is 17.1 Å². The Kier molecular flexibility index (Phi) is 4.91. The molecular weight excluding hydrogens is 354 g/mol. The summed E-state index contributed by atoms with van der Waals surface area (Å²) in [7, 11) is 1.84. The molecule has 2 saturated heterocycles. The number of hydrogen-bond donors (Lipinski definition) is 0. The number of pyridine rings is 1. The van der Waals surface area contributed by atoms with Crippen molar-refractivity contribution in [1.29, 1.82) is 0 Å². The van der Waals surface area contributed by atoms with Crippen molar-refractivity contribution in [2.45, 2.75) is 39.2 Å². The van der Waals surface area contributed by atoms with Crippen LogP contribution >= 0.6 is 0 Å². The first-order valence-electron chi connectivity index (χ1n) is 9.93. The summed E-state index contributed by atoms with van der Waals surface area (Å²) in [6.07, 6.45) is 6.94. The second-order valence-corrected chi connectivity index (χ2v) is 8.16. The third kappa shape index (κ3) is 3.66. The summed E-state index contributed by atoms with van der Waals surface area (Å²) in [4.78, 5) is 33.6. The van der Waals surface area contributed by atoms with Gasteiger partial charge in [-0.2, -0.15) is 5.10 Å². The highest BCUT2D eigenvalue weighted by Crippen LogP contribution is 2.40. The second-order valence-electron chi connectivity index (χ2n) is 8.16. The van der Waals surface area contributed by atoms with Gasteiger partial charge in [0.25, 0.3) is 5.91 Å². The Morgan fingerprint density at radius 3 is 2.64 bits per heavy atom. The fraction of sp³-hybridized carbons (Fsp3) is 0.524. The van der Waals surface area contributed by atoms with Gasteiger partial charge in [-0.25, -0.2) is 0 Å². The molecule has 0 N–H and O–H groups in total. The van der Waals surface area contributed by atoms with Crippen molar-refractivity contribution >= 4 is 11.8 Å². The monoisotopic (exact) mass is 381 g/mol. The average Bonchev–Trinajstić information content (AvgIpc) is 3.04. The minimum absolute atomic E-state index is 0.0673. The maximum Gasteiger partial charge on any atom is 0.257 e. The predicted octanol–water partition coefficient (Wildman–Crippen LogP) is 2.17. The van der Waals surface area contributed by atoms with E-state index in [1.807, 2.05) is 42.0 Å². The molecule has 2 aromatic rings. The van der Waals surface area contributed by atoms with Crippen LogP contribution in [0.25, 0.3) is 0 Å². The number of carbonyl (C=O) groups excluding carboxylic acids is 2.